The van der Waals surface area contributed by atoms with Gasteiger partial charge in [-0.3, -0.25) is 0 Å². The average Bonchev–Trinajstić information content (AvgIpc) is 2.29. The van der Waals surface area contributed by atoms with Crippen molar-refractivity contribution in [1.82, 2.24) is 0 Å². The first kappa shape index (κ1) is 13.0. The van der Waals surface area contributed by atoms with Gasteiger partial charge in [-0.15, -0.1) is 0 Å². The van der Waals surface area contributed by atoms with Crippen LogP contribution < -0.4 is 4.90 Å². The van der Waals surface area contributed by atoms with Crippen LogP contribution in [0.5, 0.6) is 0 Å². The zero-order valence-electron chi connectivity index (χ0n) is 9.82. The van der Waals surface area contributed by atoms with Gasteiger partial charge >= 0.3 is 0 Å². The quantitative estimate of drug-likeness (QED) is 0.721. The molecule has 1 N–H and O–H groups in total. The molecule has 16 heavy (non-hydrogen) atoms. The standard InChI is InChI=1S/C13H20FNO/c1-15(10-4-2-3-5-11-16)13-8-6-12(14)7-9-13/h6-9,16H,2-5,10-11H2,1H3. The van der Waals surface area contributed by atoms with Crippen molar-refractivity contribution in [1.29, 1.82) is 0 Å². The monoisotopic (exact) mass is 225 g/mol. The minimum Gasteiger partial charge on any atom is -0.396 e. The highest BCUT2D eigenvalue weighted by atomic mass is 19.1. The van der Waals surface area contributed by atoms with Crippen LogP contribution in [0.1, 0.15) is 25.7 Å². The number of aliphatic hydroxyl groups is 1. The normalized spacial score (nSPS) is 10.4. The molecule has 0 radical (unpaired) electrons. The van der Waals surface area contributed by atoms with E-state index in [4.69, 9.17) is 5.11 Å². The van der Waals surface area contributed by atoms with Crippen molar-refractivity contribution >= 4 is 5.69 Å². The van der Waals surface area contributed by atoms with E-state index in [0.717, 1.165) is 37.9 Å². The van der Waals surface area contributed by atoms with Crippen LogP contribution in [-0.2, 0) is 0 Å². The van der Waals surface area contributed by atoms with Gasteiger partial charge in [0.15, 0.2) is 0 Å². The van der Waals surface area contributed by atoms with Gasteiger partial charge in [-0.25, -0.2) is 4.39 Å². The van der Waals surface area contributed by atoms with E-state index in [-0.39, 0.29) is 12.4 Å². The van der Waals surface area contributed by atoms with E-state index in [1.807, 2.05) is 7.05 Å². The molecule has 1 aromatic carbocycles. The summed E-state index contributed by atoms with van der Waals surface area (Å²) >= 11 is 0. The fourth-order valence-electron chi connectivity index (χ4n) is 1.64. The molecule has 0 unspecified atom stereocenters. The van der Waals surface area contributed by atoms with Gasteiger partial charge in [0.25, 0.3) is 0 Å². The molecule has 0 amide bonds. The molecule has 0 atom stereocenters. The Morgan fingerprint density at radius 3 is 2.31 bits per heavy atom. The summed E-state index contributed by atoms with van der Waals surface area (Å²) in [5.41, 5.74) is 1.04. The van der Waals surface area contributed by atoms with Gasteiger partial charge in [0.2, 0.25) is 0 Å². The molecule has 0 aliphatic heterocycles. The fourth-order valence-corrected chi connectivity index (χ4v) is 1.64. The van der Waals surface area contributed by atoms with E-state index >= 15 is 0 Å². The van der Waals surface area contributed by atoms with E-state index < -0.39 is 0 Å². The Labute approximate surface area is 96.7 Å². The molecule has 0 saturated heterocycles. The second kappa shape index (κ2) is 7.23. The lowest BCUT2D eigenvalue weighted by Gasteiger charge is -2.19. The van der Waals surface area contributed by atoms with E-state index in [0.29, 0.717) is 0 Å². The van der Waals surface area contributed by atoms with Crippen LogP contribution in [0.25, 0.3) is 0 Å². The van der Waals surface area contributed by atoms with E-state index in [9.17, 15) is 4.39 Å². The number of unbranched alkanes of at least 4 members (excludes halogenated alkanes) is 3. The molecule has 0 heterocycles. The maximum Gasteiger partial charge on any atom is 0.123 e. The van der Waals surface area contributed by atoms with Crippen LogP contribution in [-0.4, -0.2) is 25.3 Å². The Kier molecular flexibility index (Phi) is 5.86. The zero-order chi connectivity index (χ0) is 11.8. The number of hydrogen-bond donors (Lipinski definition) is 1. The second-order valence-corrected chi connectivity index (χ2v) is 4.04. The SMILES string of the molecule is CN(CCCCCCO)c1ccc(F)cc1. The van der Waals surface area contributed by atoms with Gasteiger partial charge in [0.05, 0.1) is 0 Å². The number of rotatable bonds is 7. The molecule has 0 saturated carbocycles. The summed E-state index contributed by atoms with van der Waals surface area (Å²) in [5, 5.41) is 8.63. The van der Waals surface area contributed by atoms with Gasteiger partial charge in [-0.05, 0) is 37.1 Å². The third-order valence-electron chi connectivity index (χ3n) is 2.67. The first-order valence-electron chi connectivity index (χ1n) is 5.81. The van der Waals surface area contributed by atoms with E-state index in [1.165, 1.54) is 12.1 Å². The highest BCUT2D eigenvalue weighted by Gasteiger charge is 2.00. The number of aliphatic hydroxyl groups excluding tert-OH is 1. The Balaban J connectivity index is 2.24. The lowest BCUT2D eigenvalue weighted by molar-refractivity contribution is 0.282. The lowest BCUT2D eigenvalue weighted by atomic mass is 10.2. The van der Waals surface area contributed by atoms with Gasteiger partial charge in [-0.2, -0.15) is 0 Å². The molecule has 3 heteroatoms. The van der Waals surface area contributed by atoms with Crippen molar-refractivity contribution in [3.63, 3.8) is 0 Å². The number of benzene rings is 1. The van der Waals surface area contributed by atoms with Crippen LogP contribution in [0.2, 0.25) is 0 Å². The Morgan fingerprint density at radius 1 is 1.06 bits per heavy atom. The van der Waals surface area contributed by atoms with Crippen molar-refractivity contribution in [2.75, 3.05) is 25.1 Å². The summed E-state index contributed by atoms with van der Waals surface area (Å²) in [5.74, 6) is -0.194. The third-order valence-corrected chi connectivity index (χ3v) is 2.67. The molecule has 0 aromatic heterocycles. The number of halogens is 1. The van der Waals surface area contributed by atoms with Crippen molar-refractivity contribution in [2.45, 2.75) is 25.7 Å². The highest BCUT2D eigenvalue weighted by molar-refractivity contribution is 5.45. The Hall–Kier alpha value is -1.09. The van der Waals surface area contributed by atoms with Gasteiger partial charge in [0.1, 0.15) is 5.82 Å². The smallest absolute Gasteiger partial charge is 0.123 e. The van der Waals surface area contributed by atoms with Crippen LogP contribution in [0.3, 0.4) is 0 Å². The summed E-state index contributed by atoms with van der Waals surface area (Å²) in [4.78, 5) is 2.12. The van der Waals surface area contributed by atoms with Crippen LogP contribution >= 0.6 is 0 Å². The first-order chi connectivity index (χ1) is 7.74. The number of anilines is 1. The van der Waals surface area contributed by atoms with Gasteiger partial charge < -0.3 is 10.0 Å². The van der Waals surface area contributed by atoms with Gasteiger partial charge in [-0.1, -0.05) is 12.8 Å². The predicted octanol–water partition coefficient (Wildman–Crippen LogP) is 2.81. The van der Waals surface area contributed by atoms with Crippen LogP contribution in [0.15, 0.2) is 24.3 Å². The third kappa shape index (κ3) is 4.62. The van der Waals surface area contributed by atoms with Gasteiger partial charge in [0, 0.05) is 25.9 Å². The molecule has 0 aliphatic rings. The summed E-state index contributed by atoms with van der Waals surface area (Å²) in [6.45, 7) is 1.25. The first-order valence-corrected chi connectivity index (χ1v) is 5.81. The Morgan fingerprint density at radius 2 is 1.69 bits per heavy atom. The molecule has 0 aliphatic carbocycles. The molecule has 2 nitrogen and oxygen atoms in total. The average molecular weight is 225 g/mol. The summed E-state index contributed by atoms with van der Waals surface area (Å²) in [7, 11) is 2.01. The summed E-state index contributed by atoms with van der Waals surface area (Å²) < 4.78 is 12.7. The second-order valence-electron chi connectivity index (χ2n) is 4.04. The molecule has 1 rings (SSSR count). The topological polar surface area (TPSA) is 23.5 Å². The largest absolute Gasteiger partial charge is 0.396 e. The Bertz CT molecular complexity index is 286. The minimum absolute atomic E-state index is 0.194. The summed E-state index contributed by atoms with van der Waals surface area (Å²) in [6.07, 6.45) is 4.20. The fraction of sp³-hybridized carbons (Fsp3) is 0.538. The zero-order valence-corrected chi connectivity index (χ0v) is 9.82. The maximum atomic E-state index is 12.7. The van der Waals surface area contributed by atoms with Crippen molar-refractivity contribution in [2.24, 2.45) is 0 Å². The molecule has 0 spiro atoms. The predicted molar refractivity (Wildman–Crippen MR) is 65.2 cm³/mol. The molecular weight excluding hydrogens is 205 g/mol. The molecule has 0 fully saturated rings. The molecule has 90 valence electrons. The molecule has 1 aromatic rings. The lowest BCUT2D eigenvalue weighted by Crippen LogP contribution is -2.18. The van der Waals surface area contributed by atoms with Crippen molar-refractivity contribution in [3.05, 3.63) is 30.1 Å². The number of hydrogen-bond acceptors (Lipinski definition) is 2. The molecule has 0 bridgehead atoms. The van der Waals surface area contributed by atoms with Crippen molar-refractivity contribution < 1.29 is 9.50 Å². The molecular formula is C13H20FNO. The maximum absolute atomic E-state index is 12.7. The van der Waals surface area contributed by atoms with Crippen LogP contribution in [0.4, 0.5) is 10.1 Å². The minimum atomic E-state index is -0.194. The van der Waals surface area contributed by atoms with E-state index in [1.54, 1.807) is 12.1 Å². The summed E-state index contributed by atoms with van der Waals surface area (Å²) in [6, 6.07) is 6.56. The highest BCUT2D eigenvalue weighted by Crippen LogP contribution is 2.13. The number of nitrogens with zero attached hydrogens (tertiary/aromatic N) is 1. The van der Waals surface area contributed by atoms with Crippen molar-refractivity contribution in [3.8, 4) is 0 Å². The van der Waals surface area contributed by atoms with E-state index in [2.05, 4.69) is 4.90 Å². The van der Waals surface area contributed by atoms with Crippen LogP contribution in [0, 0.1) is 5.82 Å².